The Morgan fingerprint density at radius 3 is 2.27 bits per heavy atom. The number of methoxy groups -OCH3 is 1. The van der Waals surface area contributed by atoms with Crippen molar-refractivity contribution in [1.82, 2.24) is 0 Å². The summed E-state index contributed by atoms with van der Waals surface area (Å²) in [6, 6.07) is 18.0. The molecule has 0 radical (unpaired) electrons. The minimum absolute atomic E-state index is 0.00612. The zero-order valence-electron chi connectivity index (χ0n) is 18.1. The van der Waals surface area contributed by atoms with Crippen LogP contribution in [-0.4, -0.2) is 18.7 Å². The highest BCUT2D eigenvalue weighted by molar-refractivity contribution is 6.23. The molecule has 1 heterocycles. The normalized spacial score (nSPS) is 23.4. The van der Waals surface area contributed by atoms with Gasteiger partial charge in [-0.25, -0.2) is 0 Å². The van der Waals surface area contributed by atoms with Crippen molar-refractivity contribution in [2.45, 2.75) is 46.1 Å². The highest BCUT2D eigenvalue weighted by atomic mass is 16.5. The van der Waals surface area contributed by atoms with Crippen molar-refractivity contribution < 1.29 is 14.3 Å². The Bertz CT molecular complexity index is 989. The maximum Gasteiger partial charge on any atom is 0.173 e. The lowest BCUT2D eigenvalue weighted by Crippen LogP contribution is -2.47. The zero-order valence-corrected chi connectivity index (χ0v) is 18.1. The van der Waals surface area contributed by atoms with Gasteiger partial charge in [0.25, 0.3) is 0 Å². The molecule has 0 N–H and O–H groups in total. The quantitative estimate of drug-likeness (QED) is 0.633. The fourth-order valence-electron chi connectivity index (χ4n) is 4.95. The van der Waals surface area contributed by atoms with E-state index in [1.807, 2.05) is 49.4 Å². The molecule has 30 heavy (non-hydrogen) atoms. The molecule has 4 nitrogen and oxygen atoms in total. The van der Waals surface area contributed by atoms with Crippen LogP contribution in [0.25, 0.3) is 0 Å². The van der Waals surface area contributed by atoms with Crippen molar-refractivity contribution in [3.05, 3.63) is 71.4 Å². The van der Waals surface area contributed by atoms with Gasteiger partial charge >= 0.3 is 0 Å². The van der Waals surface area contributed by atoms with Crippen LogP contribution < -0.4 is 9.64 Å². The number of nitrogens with zero attached hydrogens (tertiary/aromatic N) is 1. The lowest BCUT2D eigenvalue weighted by molar-refractivity contribution is -0.126. The van der Waals surface area contributed by atoms with Gasteiger partial charge in [0.2, 0.25) is 0 Å². The molecular weight excluding hydrogens is 374 g/mol. The summed E-state index contributed by atoms with van der Waals surface area (Å²) in [5.74, 6) is 0.504. The number of Topliss-reactive ketones (excluding diaryl/α,β-unsaturated/α-hetero) is 2. The molecular formula is C26H29NO3. The fourth-order valence-corrected chi connectivity index (χ4v) is 4.95. The summed E-state index contributed by atoms with van der Waals surface area (Å²) in [7, 11) is 1.65. The van der Waals surface area contributed by atoms with Crippen molar-refractivity contribution in [2.24, 2.45) is 11.3 Å². The maximum absolute atomic E-state index is 13.5. The Hall–Kier alpha value is -2.88. The molecule has 1 aliphatic heterocycles. The predicted molar refractivity (Wildman–Crippen MR) is 118 cm³/mol. The Balaban J connectivity index is 1.96. The van der Waals surface area contributed by atoms with E-state index >= 15 is 0 Å². The summed E-state index contributed by atoms with van der Waals surface area (Å²) in [5, 5.41) is 0. The molecule has 0 spiro atoms. The SMILES string of the molecule is CC[C@@H]1C(=O)C2=C(CC(C)(C)CC2=O)N(c2ccc(OC)cc2)[C@H]1c1ccccc1. The number of carbonyl (C=O) groups excluding carboxylic acids is 2. The maximum atomic E-state index is 13.5. The topological polar surface area (TPSA) is 46.6 Å². The van der Waals surface area contributed by atoms with E-state index in [0.29, 0.717) is 24.8 Å². The molecule has 0 aromatic heterocycles. The number of ether oxygens (including phenoxy) is 1. The van der Waals surface area contributed by atoms with Crippen LogP contribution in [0.2, 0.25) is 0 Å². The smallest absolute Gasteiger partial charge is 0.173 e. The van der Waals surface area contributed by atoms with Crippen LogP contribution in [0.1, 0.15) is 51.6 Å². The molecule has 2 aliphatic rings. The van der Waals surface area contributed by atoms with Gasteiger partial charge in [0, 0.05) is 23.7 Å². The molecule has 0 fully saturated rings. The van der Waals surface area contributed by atoms with Crippen molar-refractivity contribution in [3.63, 3.8) is 0 Å². The first-order valence-electron chi connectivity index (χ1n) is 10.6. The van der Waals surface area contributed by atoms with Crippen LogP contribution in [-0.2, 0) is 9.59 Å². The van der Waals surface area contributed by atoms with Crippen molar-refractivity contribution >= 4 is 17.3 Å². The number of rotatable bonds is 4. The molecule has 4 rings (SSSR count). The Morgan fingerprint density at radius 2 is 1.67 bits per heavy atom. The molecule has 0 saturated heterocycles. The fraction of sp³-hybridized carbons (Fsp3) is 0.385. The average molecular weight is 404 g/mol. The van der Waals surface area contributed by atoms with Gasteiger partial charge in [0.05, 0.1) is 18.7 Å². The highest BCUT2D eigenvalue weighted by Gasteiger charge is 2.48. The predicted octanol–water partition coefficient (Wildman–Crippen LogP) is 5.50. The number of hydrogen-bond acceptors (Lipinski definition) is 4. The molecule has 0 amide bonds. The molecule has 0 saturated carbocycles. The van der Waals surface area contributed by atoms with Gasteiger partial charge in [-0.05, 0) is 48.1 Å². The second-order valence-electron chi connectivity index (χ2n) is 9.07. The number of carbonyl (C=O) groups is 2. The standard InChI is InChI=1S/C26H29NO3/c1-5-20-24(17-9-7-6-8-10-17)27(18-11-13-19(30-4)14-12-18)21-15-26(2,3)16-22(28)23(21)25(20)29/h6-14,20,24H,5,15-16H2,1-4H3/t20-,24-/m0/s1. The second kappa shape index (κ2) is 7.75. The summed E-state index contributed by atoms with van der Waals surface area (Å²) in [6.45, 7) is 6.25. The minimum atomic E-state index is -0.265. The summed E-state index contributed by atoms with van der Waals surface area (Å²) in [6.07, 6.45) is 1.80. The molecule has 0 unspecified atom stereocenters. The molecule has 0 bridgehead atoms. The Labute approximate surface area is 178 Å². The van der Waals surface area contributed by atoms with E-state index in [4.69, 9.17) is 4.74 Å². The van der Waals surface area contributed by atoms with Gasteiger partial charge in [-0.3, -0.25) is 9.59 Å². The first-order chi connectivity index (χ1) is 14.4. The Kier molecular flexibility index (Phi) is 5.27. The first kappa shape index (κ1) is 20.4. The Morgan fingerprint density at radius 1 is 1.00 bits per heavy atom. The lowest BCUT2D eigenvalue weighted by Gasteiger charge is -2.48. The van der Waals surface area contributed by atoms with Gasteiger partial charge in [0.15, 0.2) is 11.6 Å². The van der Waals surface area contributed by atoms with Crippen molar-refractivity contribution in [2.75, 3.05) is 12.0 Å². The van der Waals surface area contributed by atoms with Crippen LogP contribution in [0, 0.1) is 11.3 Å². The van der Waals surface area contributed by atoms with Crippen LogP contribution in [0.3, 0.4) is 0 Å². The van der Waals surface area contributed by atoms with Crippen molar-refractivity contribution in [1.29, 1.82) is 0 Å². The van der Waals surface area contributed by atoms with Gasteiger partial charge < -0.3 is 9.64 Å². The lowest BCUT2D eigenvalue weighted by atomic mass is 9.69. The van der Waals surface area contributed by atoms with Gasteiger partial charge in [-0.15, -0.1) is 0 Å². The summed E-state index contributed by atoms with van der Waals surface area (Å²) >= 11 is 0. The van der Waals surface area contributed by atoms with E-state index in [0.717, 1.165) is 22.7 Å². The molecule has 1 aliphatic carbocycles. The van der Waals surface area contributed by atoms with E-state index in [9.17, 15) is 9.59 Å². The van der Waals surface area contributed by atoms with E-state index < -0.39 is 0 Å². The first-order valence-corrected chi connectivity index (χ1v) is 10.6. The van der Waals surface area contributed by atoms with Crippen LogP contribution >= 0.6 is 0 Å². The summed E-state index contributed by atoms with van der Waals surface area (Å²) < 4.78 is 5.35. The second-order valence-corrected chi connectivity index (χ2v) is 9.07. The summed E-state index contributed by atoms with van der Waals surface area (Å²) in [4.78, 5) is 28.9. The van der Waals surface area contributed by atoms with Gasteiger partial charge in [0.1, 0.15) is 5.75 Å². The van der Waals surface area contributed by atoms with Crippen LogP contribution in [0.4, 0.5) is 5.69 Å². The summed E-state index contributed by atoms with van der Waals surface area (Å²) in [5.41, 5.74) is 3.18. The zero-order chi connectivity index (χ0) is 21.5. The van der Waals surface area contributed by atoms with E-state index in [-0.39, 0.29) is 28.9 Å². The van der Waals surface area contributed by atoms with E-state index in [1.54, 1.807) is 7.11 Å². The number of ketones is 2. The van der Waals surface area contributed by atoms with Gasteiger partial charge in [-0.1, -0.05) is 51.1 Å². The number of allylic oxidation sites excluding steroid dienone is 2. The number of anilines is 1. The molecule has 156 valence electrons. The van der Waals surface area contributed by atoms with Gasteiger partial charge in [-0.2, -0.15) is 0 Å². The van der Waals surface area contributed by atoms with Crippen molar-refractivity contribution in [3.8, 4) is 5.75 Å². The molecule has 2 aromatic rings. The molecule has 2 aromatic carbocycles. The third-order valence-electron chi connectivity index (χ3n) is 6.32. The number of hydrogen-bond donors (Lipinski definition) is 0. The molecule has 4 heteroatoms. The van der Waals surface area contributed by atoms with E-state index in [1.165, 1.54) is 0 Å². The third kappa shape index (κ3) is 3.45. The largest absolute Gasteiger partial charge is 0.497 e. The average Bonchev–Trinajstić information content (AvgIpc) is 2.73. The highest BCUT2D eigenvalue weighted by Crippen LogP contribution is 2.50. The monoisotopic (exact) mass is 403 g/mol. The minimum Gasteiger partial charge on any atom is -0.497 e. The van der Waals surface area contributed by atoms with E-state index in [2.05, 4.69) is 30.9 Å². The third-order valence-corrected chi connectivity index (χ3v) is 6.32. The van der Waals surface area contributed by atoms with Crippen LogP contribution in [0.5, 0.6) is 5.75 Å². The van der Waals surface area contributed by atoms with Crippen LogP contribution in [0.15, 0.2) is 65.9 Å². The molecule has 2 atom stereocenters. The number of benzene rings is 2.